The molecule has 0 N–H and O–H groups in total. The zero-order chi connectivity index (χ0) is 20.1. The molecule has 0 bridgehead atoms. The van der Waals surface area contributed by atoms with Gasteiger partial charge in [-0.2, -0.15) is 0 Å². The quantitative estimate of drug-likeness (QED) is 0.490. The van der Waals surface area contributed by atoms with Crippen molar-refractivity contribution in [3.63, 3.8) is 0 Å². The molecule has 0 saturated heterocycles. The monoisotopic (exact) mass is 382 g/mol. The molecule has 1 aliphatic heterocycles. The minimum Gasteiger partial charge on any atom is -0.403 e. The van der Waals surface area contributed by atoms with Gasteiger partial charge in [-0.05, 0) is 49.4 Å². The molecule has 3 aromatic carbocycles. The summed E-state index contributed by atoms with van der Waals surface area (Å²) in [6.07, 6.45) is 0. The summed E-state index contributed by atoms with van der Waals surface area (Å²) in [6.45, 7) is 1.93. The summed E-state index contributed by atoms with van der Waals surface area (Å²) < 4.78 is 5.35. The second-order valence-corrected chi connectivity index (χ2v) is 6.87. The third-order valence-electron chi connectivity index (χ3n) is 4.96. The smallest absolute Gasteiger partial charge is 0.347 e. The van der Waals surface area contributed by atoms with Crippen LogP contribution in [0.25, 0.3) is 22.4 Å². The van der Waals surface area contributed by atoms with E-state index in [1.165, 1.54) is 0 Å². The molecule has 0 aliphatic carbocycles. The molecule has 29 heavy (non-hydrogen) atoms. The standard InChI is InChI=1S/C23H14N2O4/c1-13-6-9-15(10-7-13)25-21(26)16-11-8-14(12-18(16)22(25)27)20-24-19-5-3-2-4-17(19)23(28)29-20/h2-12H,1H3. The number of aromatic nitrogens is 1. The Bertz CT molecular complexity index is 1370. The van der Waals surface area contributed by atoms with Crippen molar-refractivity contribution in [2.75, 3.05) is 4.90 Å². The minimum absolute atomic E-state index is 0.102. The second kappa shape index (κ2) is 6.24. The molecule has 0 spiro atoms. The molecule has 5 rings (SSSR count). The van der Waals surface area contributed by atoms with Crippen molar-refractivity contribution in [3.05, 3.63) is 93.8 Å². The highest BCUT2D eigenvalue weighted by atomic mass is 16.4. The Balaban J connectivity index is 1.60. The second-order valence-electron chi connectivity index (χ2n) is 6.87. The Morgan fingerprint density at radius 1 is 0.828 bits per heavy atom. The van der Waals surface area contributed by atoms with Crippen LogP contribution in [0, 0.1) is 6.92 Å². The molecular weight excluding hydrogens is 368 g/mol. The molecule has 2 amide bonds. The van der Waals surface area contributed by atoms with E-state index in [2.05, 4.69) is 4.98 Å². The van der Waals surface area contributed by atoms with Crippen LogP contribution < -0.4 is 10.5 Å². The lowest BCUT2D eigenvalue weighted by atomic mass is 10.1. The SMILES string of the molecule is Cc1ccc(N2C(=O)c3ccc(-c4nc5ccccc5c(=O)o4)cc3C2=O)cc1. The molecule has 1 aromatic heterocycles. The Labute approximate surface area is 165 Å². The first-order chi connectivity index (χ1) is 14.0. The summed E-state index contributed by atoms with van der Waals surface area (Å²) in [4.78, 5) is 43.5. The zero-order valence-corrected chi connectivity index (χ0v) is 15.4. The van der Waals surface area contributed by atoms with Gasteiger partial charge in [0.25, 0.3) is 11.8 Å². The number of imide groups is 1. The largest absolute Gasteiger partial charge is 0.403 e. The van der Waals surface area contributed by atoms with Gasteiger partial charge in [0, 0.05) is 5.56 Å². The number of rotatable bonds is 2. The number of benzene rings is 3. The molecule has 1 aliphatic rings. The van der Waals surface area contributed by atoms with Crippen molar-refractivity contribution in [3.8, 4) is 11.5 Å². The molecule has 0 atom stereocenters. The Hall–Kier alpha value is -4.06. The van der Waals surface area contributed by atoms with Crippen molar-refractivity contribution >= 4 is 28.4 Å². The van der Waals surface area contributed by atoms with Crippen LogP contribution >= 0.6 is 0 Å². The minimum atomic E-state index is -0.505. The highest BCUT2D eigenvalue weighted by Gasteiger charge is 2.37. The van der Waals surface area contributed by atoms with E-state index in [9.17, 15) is 14.4 Å². The molecule has 4 aromatic rings. The average molecular weight is 382 g/mol. The average Bonchev–Trinajstić information content (AvgIpc) is 2.99. The fraction of sp³-hybridized carbons (Fsp3) is 0.0435. The lowest BCUT2D eigenvalue weighted by molar-refractivity contribution is 0.0926. The molecule has 0 unspecified atom stereocenters. The van der Waals surface area contributed by atoms with E-state index in [0.717, 1.165) is 10.5 Å². The zero-order valence-electron chi connectivity index (χ0n) is 15.4. The van der Waals surface area contributed by atoms with Gasteiger partial charge < -0.3 is 4.42 Å². The summed E-state index contributed by atoms with van der Waals surface area (Å²) in [5.74, 6) is -0.697. The van der Waals surface area contributed by atoms with Gasteiger partial charge in [0.15, 0.2) is 0 Å². The van der Waals surface area contributed by atoms with Crippen molar-refractivity contribution in [2.45, 2.75) is 6.92 Å². The molecule has 0 saturated carbocycles. The predicted molar refractivity (Wildman–Crippen MR) is 108 cm³/mol. The van der Waals surface area contributed by atoms with Gasteiger partial charge in [-0.25, -0.2) is 14.7 Å². The first kappa shape index (κ1) is 17.1. The Kier molecular flexibility index (Phi) is 3.67. The van der Waals surface area contributed by atoms with Gasteiger partial charge >= 0.3 is 5.63 Å². The lowest BCUT2D eigenvalue weighted by Gasteiger charge is -2.13. The van der Waals surface area contributed by atoms with Crippen LogP contribution in [0.5, 0.6) is 0 Å². The fourth-order valence-electron chi connectivity index (χ4n) is 3.44. The normalized spacial score (nSPS) is 13.2. The third kappa shape index (κ3) is 2.65. The molecule has 0 radical (unpaired) electrons. The van der Waals surface area contributed by atoms with Crippen LogP contribution in [0.4, 0.5) is 5.69 Å². The third-order valence-corrected chi connectivity index (χ3v) is 4.96. The van der Waals surface area contributed by atoms with Gasteiger partial charge in [-0.1, -0.05) is 29.8 Å². The number of hydrogen-bond donors (Lipinski definition) is 0. The maximum Gasteiger partial charge on any atom is 0.347 e. The summed E-state index contributed by atoms with van der Waals surface area (Å²) in [5.41, 5.74) is 2.56. The van der Waals surface area contributed by atoms with Gasteiger partial charge in [-0.3, -0.25) is 9.59 Å². The van der Waals surface area contributed by atoms with E-state index in [1.54, 1.807) is 54.6 Å². The van der Waals surface area contributed by atoms with Crippen LogP contribution in [0.2, 0.25) is 0 Å². The first-order valence-corrected chi connectivity index (χ1v) is 9.03. The van der Waals surface area contributed by atoms with Crippen LogP contribution in [0.15, 0.2) is 75.9 Å². The molecule has 140 valence electrons. The number of nitrogens with zero attached hydrogens (tertiary/aromatic N) is 2. The topological polar surface area (TPSA) is 80.5 Å². The van der Waals surface area contributed by atoms with Crippen molar-refractivity contribution in [2.24, 2.45) is 0 Å². The number of carbonyl (C=O) groups is 2. The predicted octanol–water partition coefficient (Wildman–Crippen LogP) is 3.96. The van der Waals surface area contributed by atoms with Crippen LogP contribution in [-0.4, -0.2) is 16.8 Å². The van der Waals surface area contributed by atoms with Gasteiger partial charge in [-0.15, -0.1) is 0 Å². The van der Waals surface area contributed by atoms with Crippen LogP contribution in [0.3, 0.4) is 0 Å². The number of aryl methyl sites for hydroxylation is 1. The number of hydrogen-bond acceptors (Lipinski definition) is 5. The van der Waals surface area contributed by atoms with E-state index >= 15 is 0 Å². The Morgan fingerprint density at radius 3 is 2.34 bits per heavy atom. The van der Waals surface area contributed by atoms with Crippen LogP contribution in [0.1, 0.15) is 26.3 Å². The highest BCUT2D eigenvalue weighted by molar-refractivity contribution is 6.34. The van der Waals surface area contributed by atoms with E-state index in [4.69, 9.17) is 4.42 Å². The fourth-order valence-corrected chi connectivity index (χ4v) is 3.44. The molecule has 2 heterocycles. The van der Waals surface area contributed by atoms with E-state index in [-0.39, 0.29) is 17.4 Å². The molecule has 6 nitrogen and oxygen atoms in total. The van der Waals surface area contributed by atoms with Gasteiger partial charge in [0.2, 0.25) is 5.89 Å². The number of fused-ring (bicyclic) bond motifs is 2. The van der Waals surface area contributed by atoms with Crippen molar-refractivity contribution in [1.29, 1.82) is 0 Å². The molecule has 6 heteroatoms. The van der Waals surface area contributed by atoms with E-state index in [0.29, 0.717) is 27.7 Å². The van der Waals surface area contributed by atoms with Crippen molar-refractivity contribution in [1.82, 2.24) is 4.98 Å². The van der Waals surface area contributed by atoms with Gasteiger partial charge in [0.05, 0.1) is 27.7 Å². The maximum atomic E-state index is 12.9. The number of para-hydroxylation sites is 1. The maximum absolute atomic E-state index is 12.9. The summed E-state index contributed by atoms with van der Waals surface area (Å²) in [5, 5.41) is 0.384. The molecule has 0 fully saturated rings. The lowest BCUT2D eigenvalue weighted by Crippen LogP contribution is -2.29. The summed E-state index contributed by atoms with van der Waals surface area (Å²) in [6, 6.07) is 18.8. The summed E-state index contributed by atoms with van der Waals surface area (Å²) >= 11 is 0. The molecular formula is C23H14N2O4. The van der Waals surface area contributed by atoms with Crippen LogP contribution in [-0.2, 0) is 0 Å². The number of anilines is 1. The first-order valence-electron chi connectivity index (χ1n) is 9.03. The Morgan fingerprint density at radius 2 is 1.55 bits per heavy atom. The summed E-state index contributed by atoms with van der Waals surface area (Å²) in [7, 11) is 0. The van der Waals surface area contributed by atoms with Gasteiger partial charge in [0.1, 0.15) is 0 Å². The van der Waals surface area contributed by atoms with E-state index < -0.39 is 11.5 Å². The van der Waals surface area contributed by atoms with E-state index in [1.807, 2.05) is 19.1 Å². The number of carbonyl (C=O) groups excluding carboxylic acids is 2. The van der Waals surface area contributed by atoms with Crippen molar-refractivity contribution < 1.29 is 14.0 Å². The number of amides is 2. The highest BCUT2D eigenvalue weighted by Crippen LogP contribution is 2.31.